The maximum atomic E-state index is 12.7. The van der Waals surface area contributed by atoms with Crippen LogP contribution in [-0.4, -0.2) is 46.0 Å². The van der Waals surface area contributed by atoms with Gasteiger partial charge in [0.25, 0.3) is 0 Å². The Morgan fingerprint density at radius 3 is 2.94 bits per heavy atom. The van der Waals surface area contributed by atoms with Crippen LogP contribution in [0.4, 0.5) is 10.6 Å². The van der Waals surface area contributed by atoms with Gasteiger partial charge in [0.1, 0.15) is 17.6 Å². The number of pyridine rings is 1. The minimum absolute atomic E-state index is 0.222. The van der Waals surface area contributed by atoms with E-state index < -0.39 is 18.0 Å². The summed E-state index contributed by atoms with van der Waals surface area (Å²) in [6, 6.07) is 6.52. The van der Waals surface area contributed by atoms with Crippen LogP contribution in [0.2, 0.25) is 5.02 Å². The predicted molar refractivity (Wildman–Crippen MR) is 128 cm³/mol. The highest BCUT2D eigenvalue weighted by Gasteiger charge is 2.25. The Morgan fingerprint density at radius 2 is 2.21 bits per heavy atom. The maximum absolute atomic E-state index is 12.7. The number of halogens is 1. The standard InChI is InChI=1S/C24H23ClN4O5/c1-13-16-4-3-5-17(25)21(16)34-19(13)12-29(2)20(30)9-6-14-10-15-7-8-18(27-24(32)33)23(31)28-22(15)26-11-14/h3-6,9-11,18,27H,7-8,12H2,1-2H3,(H,32,33)(H,26,28,31)/b9-6+/t18-/m0/s1. The van der Waals surface area contributed by atoms with Crippen molar-refractivity contribution < 1.29 is 23.9 Å². The number of amides is 3. The molecule has 9 nitrogen and oxygen atoms in total. The van der Waals surface area contributed by atoms with Crippen molar-refractivity contribution in [2.75, 3.05) is 12.4 Å². The van der Waals surface area contributed by atoms with Crippen molar-refractivity contribution in [1.82, 2.24) is 15.2 Å². The van der Waals surface area contributed by atoms with Gasteiger partial charge in [0, 0.05) is 30.3 Å². The number of aryl methyl sites for hydroxylation is 2. The van der Waals surface area contributed by atoms with Gasteiger partial charge in [-0.3, -0.25) is 9.59 Å². The Bertz CT molecular complexity index is 1320. The second-order valence-corrected chi connectivity index (χ2v) is 8.51. The molecule has 0 saturated heterocycles. The minimum atomic E-state index is -1.26. The molecule has 1 aliphatic heterocycles. The zero-order valence-electron chi connectivity index (χ0n) is 18.6. The molecule has 1 aromatic carbocycles. The summed E-state index contributed by atoms with van der Waals surface area (Å²) >= 11 is 6.21. The predicted octanol–water partition coefficient (Wildman–Crippen LogP) is 3.98. The molecule has 3 aromatic rings. The SMILES string of the molecule is Cc1c(CN(C)C(=O)/C=C/c2cnc3c(c2)CC[C@H](NC(=O)O)C(=O)N3)oc2c(Cl)cccc12. The third-order valence-electron chi connectivity index (χ3n) is 5.74. The molecule has 0 aliphatic carbocycles. The number of hydrogen-bond acceptors (Lipinski definition) is 5. The van der Waals surface area contributed by atoms with E-state index in [2.05, 4.69) is 15.6 Å². The van der Waals surface area contributed by atoms with Crippen molar-refractivity contribution in [2.45, 2.75) is 32.4 Å². The van der Waals surface area contributed by atoms with E-state index in [4.69, 9.17) is 21.1 Å². The van der Waals surface area contributed by atoms with Gasteiger partial charge in [-0.25, -0.2) is 9.78 Å². The zero-order chi connectivity index (χ0) is 24.4. The highest BCUT2D eigenvalue weighted by atomic mass is 35.5. The summed E-state index contributed by atoms with van der Waals surface area (Å²) in [4.78, 5) is 41.5. The van der Waals surface area contributed by atoms with E-state index in [0.717, 1.165) is 16.5 Å². The Kier molecular flexibility index (Phi) is 6.56. The van der Waals surface area contributed by atoms with Gasteiger partial charge in [-0.15, -0.1) is 0 Å². The van der Waals surface area contributed by atoms with Crippen LogP contribution >= 0.6 is 11.6 Å². The lowest BCUT2D eigenvalue weighted by Gasteiger charge is -2.14. The summed E-state index contributed by atoms with van der Waals surface area (Å²) in [5.74, 6) is 0.384. The fourth-order valence-electron chi connectivity index (χ4n) is 3.84. The second-order valence-electron chi connectivity index (χ2n) is 8.10. The van der Waals surface area contributed by atoms with Crippen LogP contribution in [0.25, 0.3) is 17.0 Å². The number of likely N-dealkylation sites (N-methyl/N-ethyl adjacent to an activating group) is 1. The van der Waals surface area contributed by atoms with E-state index in [1.807, 2.05) is 25.1 Å². The lowest BCUT2D eigenvalue weighted by molar-refractivity contribution is -0.125. The summed E-state index contributed by atoms with van der Waals surface area (Å²) < 4.78 is 5.89. The van der Waals surface area contributed by atoms with Crippen LogP contribution in [0.1, 0.15) is 28.9 Å². The first-order valence-corrected chi connectivity index (χ1v) is 11.0. The third-order valence-corrected chi connectivity index (χ3v) is 6.03. The van der Waals surface area contributed by atoms with E-state index >= 15 is 0 Å². The van der Waals surface area contributed by atoms with Gasteiger partial charge >= 0.3 is 6.09 Å². The van der Waals surface area contributed by atoms with Crippen LogP contribution in [0.3, 0.4) is 0 Å². The minimum Gasteiger partial charge on any atom is -0.465 e. The van der Waals surface area contributed by atoms with Crippen molar-refractivity contribution in [2.24, 2.45) is 0 Å². The average Bonchev–Trinajstić information content (AvgIpc) is 3.03. The molecule has 0 unspecified atom stereocenters. The summed E-state index contributed by atoms with van der Waals surface area (Å²) in [7, 11) is 1.68. The number of carboxylic acid groups (broad SMARTS) is 1. The molecule has 3 heterocycles. The number of benzene rings is 1. The number of fused-ring (bicyclic) bond motifs is 2. The molecule has 1 aliphatic rings. The first-order valence-electron chi connectivity index (χ1n) is 10.6. The molecular formula is C24H23ClN4O5. The molecule has 10 heteroatoms. The fraction of sp³-hybridized carbons (Fsp3) is 0.250. The van der Waals surface area contributed by atoms with Crippen molar-refractivity contribution >= 4 is 52.4 Å². The number of aromatic nitrogens is 1. The largest absolute Gasteiger partial charge is 0.465 e. The van der Waals surface area contributed by atoms with E-state index in [0.29, 0.717) is 40.6 Å². The average molecular weight is 483 g/mol. The van der Waals surface area contributed by atoms with Gasteiger partial charge in [0.05, 0.1) is 11.6 Å². The Labute approximate surface area is 200 Å². The van der Waals surface area contributed by atoms with Gasteiger partial charge in [-0.2, -0.15) is 0 Å². The number of rotatable bonds is 5. The molecule has 3 N–H and O–H groups in total. The topological polar surface area (TPSA) is 125 Å². The van der Waals surface area contributed by atoms with Crippen molar-refractivity contribution in [3.05, 3.63) is 64.0 Å². The normalized spacial score (nSPS) is 15.6. The number of anilines is 1. The molecule has 0 radical (unpaired) electrons. The molecular weight excluding hydrogens is 460 g/mol. The number of nitrogens with one attached hydrogen (secondary N) is 2. The Hall–Kier alpha value is -3.85. The maximum Gasteiger partial charge on any atom is 0.405 e. The number of para-hydroxylation sites is 1. The number of carbonyl (C=O) groups excluding carboxylic acids is 2. The highest BCUT2D eigenvalue weighted by Crippen LogP contribution is 2.31. The summed E-state index contributed by atoms with van der Waals surface area (Å²) in [6.45, 7) is 2.22. The first-order chi connectivity index (χ1) is 16.2. The molecule has 0 spiro atoms. The number of furan rings is 1. The van der Waals surface area contributed by atoms with Crippen molar-refractivity contribution in [3.63, 3.8) is 0 Å². The monoisotopic (exact) mass is 482 g/mol. The third kappa shape index (κ3) is 4.89. The summed E-state index contributed by atoms with van der Waals surface area (Å²) in [5, 5.41) is 15.2. The van der Waals surface area contributed by atoms with Gasteiger partial charge in [0.2, 0.25) is 11.8 Å². The smallest absolute Gasteiger partial charge is 0.405 e. The zero-order valence-corrected chi connectivity index (χ0v) is 19.3. The van der Waals surface area contributed by atoms with Crippen molar-refractivity contribution in [1.29, 1.82) is 0 Å². The molecule has 0 fully saturated rings. The molecule has 34 heavy (non-hydrogen) atoms. The highest BCUT2D eigenvalue weighted by molar-refractivity contribution is 6.34. The van der Waals surface area contributed by atoms with Gasteiger partial charge < -0.3 is 25.1 Å². The Balaban J connectivity index is 1.44. The van der Waals surface area contributed by atoms with Gasteiger partial charge in [-0.05, 0) is 49.1 Å². The summed E-state index contributed by atoms with van der Waals surface area (Å²) in [6.07, 6.45) is 4.13. The fourth-order valence-corrected chi connectivity index (χ4v) is 4.05. The van der Waals surface area contributed by atoms with E-state index in [-0.39, 0.29) is 12.5 Å². The van der Waals surface area contributed by atoms with E-state index in [9.17, 15) is 14.4 Å². The molecule has 0 bridgehead atoms. The second kappa shape index (κ2) is 9.56. The Morgan fingerprint density at radius 1 is 1.41 bits per heavy atom. The number of carbonyl (C=O) groups is 3. The van der Waals surface area contributed by atoms with E-state index in [1.165, 1.54) is 11.0 Å². The van der Waals surface area contributed by atoms with Crippen LogP contribution in [0, 0.1) is 6.92 Å². The van der Waals surface area contributed by atoms with Crippen LogP contribution in [-0.2, 0) is 22.6 Å². The van der Waals surface area contributed by atoms with Crippen LogP contribution in [0.15, 0.2) is 41.0 Å². The van der Waals surface area contributed by atoms with Crippen LogP contribution < -0.4 is 10.6 Å². The quantitative estimate of drug-likeness (QED) is 0.472. The molecule has 2 aromatic heterocycles. The van der Waals surface area contributed by atoms with Gasteiger partial charge in [-0.1, -0.05) is 23.7 Å². The van der Waals surface area contributed by atoms with Gasteiger partial charge in [0.15, 0.2) is 5.58 Å². The summed E-state index contributed by atoms with van der Waals surface area (Å²) in [5.41, 5.74) is 3.00. The van der Waals surface area contributed by atoms with Crippen LogP contribution in [0.5, 0.6) is 0 Å². The molecule has 0 saturated carbocycles. The van der Waals surface area contributed by atoms with E-state index in [1.54, 1.807) is 25.4 Å². The molecule has 3 amide bonds. The first kappa shape index (κ1) is 23.3. The molecule has 1 atom stereocenters. The molecule has 176 valence electrons. The lowest BCUT2D eigenvalue weighted by Crippen LogP contribution is -2.42. The number of nitrogens with zero attached hydrogens (tertiary/aromatic N) is 2. The number of hydrogen-bond donors (Lipinski definition) is 3. The molecule has 4 rings (SSSR count). The lowest BCUT2D eigenvalue weighted by atomic mass is 10.1. The van der Waals surface area contributed by atoms with Crippen molar-refractivity contribution in [3.8, 4) is 0 Å².